The van der Waals surface area contributed by atoms with E-state index in [2.05, 4.69) is 5.32 Å². The molecule has 8 nitrogen and oxygen atoms in total. The van der Waals surface area contributed by atoms with E-state index in [4.69, 9.17) is 21.7 Å². The van der Waals surface area contributed by atoms with E-state index in [9.17, 15) is 14.4 Å². The molecule has 192 valence electrons. The van der Waals surface area contributed by atoms with Crippen LogP contribution in [0, 0.1) is 27.7 Å². The number of carbonyl (C=O) groups excluding carboxylic acids is 3. The van der Waals surface area contributed by atoms with Crippen molar-refractivity contribution in [1.29, 1.82) is 0 Å². The maximum atomic E-state index is 13.5. The standard InChI is InChI=1S/C27H27N3O5S2/c1-7-35-20-10-8-19(9-11-20)30-24(32)21(23(31)28-27(30)36)13-18-12-14(2)29(16(18)4)25-22(26(33)34-6)15(3)17(5)37-25/h8-13H,7H2,1-6H3,(H,28,31,36)/b21-13+. The lowest BCUT2D eigenvalue weighted by Gasteiger charge is -2.29. The molecule has 1 fully saturated rings. The molecule has 0 unspecified atom stereocenters. The van der Waals surface area contributed by atoms with Gasteiger partial charge < -0.3 is 14.0 Å². The molecule has 0 spiro atoms. The Hall–Kier alpha value is -3.76. The van der Waals surface area contributed by atoms with Gasteiger partial charge in [-0.1, -0.05) is 0 Å². The average molecular weight is 538 g/mol. The fourth-order valence-corrected chi connectivity index (χ4v) is 5.80. The molecule has 1 aliphatic heterocycles. The Balaban J connectivity index is 1.76. The van der Waals surface area contributed by atoms with Gasteiger partial charge in [0.1, 0.15) is 16.3 Å². The molecule has 2 amide bonds. The summed E-state index contributed by atoms with van der Waals surface area (Å²) in [5.74, 6) is -0.842. The zero-order chi connectivity index (χ0) is 27.0. The van der Waals surface area contributed by atoms with Crippen LogP contribution in [0.4, 0.5) is 5.69 Å². The van der Waals surface area contributed by atoms with Crippen LogP contribution >= 0.6 is 23.6 Å². The quantitative estimate of drug-likeness (QED) is 0.211. The third-order valence-electron chi connectivity index (χ3n) is 6.24. The van der Waals surface area contributed by atoms with Crippen LogP contribution in [0.5, 0.6) is 5.75 Å². The first-order chi connectivity index (χ1) is 17.6. The molecule has 0 bridgehead atoms. The molecular formula is C27H27N3O5S2. The Morgan fingerprint density at radius 2 is 1.81 bits per heavy atom. The van der Waals surface area contributed by atoms with Crippen molar-refractivity contribution in [3.8, 4) is 10.8 Å². The number of aromatic nitrogens is 1. The monoisotopic (exact) mass is 537 g/mol. The maximum Gasteiger partial charge on any atom is 0.341 e. The third kappa shape index (κ3) is 4.70. The molecule has 0 aliphatic carbocycles. The van der Waals surface area contributed by atoms with E-state index >= 15 is 0 Å². The molecule has 2 aromatic heterocycles. The highest BCUT2D eigenvalue weighted by molar-refractivity contribution is 7.80. The summed E-state index contributed by atoms with van der Waals surface area (Å²) >= 11 is 6.80. The molecule has 0 saturated carbocycles. The van der Waals surface area contributed by atoms with Crippen molar-refractivity contribution in [1.82, 2.24) is 9.88 Å². The van der Waals surface area contributed by atoms with Crippen molar-refractivity contribution in [2.75, 3.05) is 18.6 Å². The fraction of sp³-hybridized carbons (Fsp3) is 0.259. The number of anilines is 1. The Bertz CT molecular complexity index is 1460. The van der Waals surface area contributed by atoms with Crippen molar-refractivity contribution in [3.05, 3.63) is 68.9 Å². The van der Waals surface area contributed by atoms with E-state index in [1.54, 1.807) is 30.3 Å². The number of ether oxygens (including phenoxy) is 2. The van der Waals surface area contributed by atoms with E-state index in [1.165, 1.54) is 23.3 Å². The van der Waals surface area contributed by atoms with Crippen LogP contribution in [0.2, 0.25) is 0 Å². The summed E-state index contributed by atoms with van der Waals surface area (Å²) in [7, 11) is 1.36. The highest BCUT2D eigenvalue weighted by atomic mass is 32.1. The predicted octanol–water partition coefficient (Wildman–Crippen LogP) is 4.79. The molecule has 0 atom stereocenters. The molecule has 10 heteroatoms. The number of nitrogens with zero attached hydrogens (tertiary/aromatic N) is 2. The number of hydrogen-bond donors (Lipinski definition) is 1. The average Bonchev–Trinajstić information content (AvgIpc) is 3.30. The number of amides is 2. The molecule has 1 aromatic carbocycles. The molecule has 3 aromatic rings. The van der Waals surface area contributed by atoms with Gasteiger partial charge in [-0.25, -0.2) is 4.79 Å². The van der Waals surface area contributed by atoms with E-state index in [0.717, 1.165) is 26.8 Å². The van der Waals surface area contributed by atoms with E-state index < -0.39 is 17.8 Å². The molecule has 0 radical (unpaired) electrons. The third-order valence-corrected chi connectivity index (χ3v) is 7.71. The van der Waals surface area contributed by atoms with Crippen LogP contribution in [0.15, 0.2) is 35.9 Å². The van der Waals surface area contributed by atoms with Crippen LogP contribution < -0.4 is 15.0 Å². The van der Waals surface area contributed by atoms with Crippen LogP contribution in [0.1, 0.15) is 44.7 Å². The van der Waals surface area contributed by atoms with Crippen LogP contribution in [0.3, 0.4) is 0 Å². The van der Waals surface area contributed by atoms with Crippen molar-refractivity contribution in [2.24, 2.45) is 0 Å². The lowest BCUT2D eigenvalue weighted by atomic mass is 10.1. The first-order valence-electron chi connectivity index (χ1n) is 11.6. The van der Waals surface area contributed by atoms with E-state index in [-0.39, 0.29) is 10.7 Å². The number of methoxy groups -OCH3 is 1. The Labute approximate surface area is 224 Å². The number of hydrogen-bond acceptors (Lipinski definition) is 7. The van der Waals surface area contributed by atoms with Crippen LogP contribution in [-0.2, 0) is 14.3 Å². The summed E-state index contributed by atoms with van der Waals surface area (Å²) < 4.78 is 12.5. The summed E-state index contributed by atoms with van der Waals surface area (Å²) in [6.07, 6.45) is 1.56. The highest BCUT2D eigenvalue weighted by Crippen LogP contribution is 2.35. The second kappa shape index (κ2) is 10.3. The van der Waals surface area contributed by atoms with Gasteiger partial charge in [-0.05, 0) is 94.4 Å². The van der Waals surface area contributed by atoms with Gasteiger partial charge in [0, 0.05) is 16.3 Å². The van der Waals surface area contributed by atoms with Gasteiger partial charge in [0.2, 0.25) is 0 Å². The van der Waals surface area contributed by atoms with Crippen LogP contribution in [0.25, 0.3) is 11.1 Å². The molecular weight excluding hydrogens is 510 g/mol. The summed E-state index contributed by atoms with van der Waals surface area (Å²) in [6.45, 7) is 10.0. The number of thiophene rings is 1. The van der Waals surface area contributed by atoms with Gasteiger partial charge in [0.05, 0.1) is 25.0 Å². The molecule has 1 N–H and O–H groups in total. The van der Waals surface area contributed by atoms with Crippen molar-refractivity contribution >= 4 is 58.2 Å². The van der Waals surface area contributed by atoms with Crippen molar-refractivity contribution in [2.45, 2.75) is 34.6 Å². The first kappa shape index (κ1) is 26.3. The number of rotatable bonds is 6. The van der Waals surface area contributed by atoms with Gasteiger partial charge >= 0.3 is 5.97 Å². The number of esters is 1. The molecule has 1 saturated heterocycles. The van der Waals surface area contributed by atoms with E-state index in [0.29, 0.717) is 29.2 Å². The van der Waals surface area contributed by atoms with Gasteiger partial charge in [-0.2, -0.15) is 0 Å². The van der Waals surface area contributed by atoms with Crippen molar-refractivity contribution < 1.29 is 23.9 Å². The lowest BCUT2D eigenvalue weighted by molar-refractivity contribution is -0.122. The largest absolute Gasteiger partial charge is 0.494 e. The van der Waals surface area contributed by atoms with Gasteiger partial charge in [-0.15, -0.1) is 11.3 Å². The number of carbonyl (C=O) groups is 3. The summed E-state index contributed by atoms with van der Waals surface area (Å²) in [4.78, 5) is 41.2. The zero-order valence-electron chi connectivity index (χ0n) is 21.4. The molecule has 37 heavy (non-hydrogen) atoms. The molecule has 4 rings (SSSR count). The zero-order valence-corrected chi connectivity index (χ0v) is 23.1. The predicted molar refractivity (Wildman–Crippen MR) is 148 cm³/mol. The van der Waals surface area contributed by atoms with E-state index in [1.807, 2.05) is 45.3 Å². The second-order valence-electron chi connectivity index (χ2n) is 8.50. The number of nitrogens with one attached hydrogen (secondary N) is 1. The van der Waals surface area contributed by atoms with Crippen molar-refractivity contribution in [3.63, 3.8) is 0 Å². The molecule has 1 aliphatic rings. The summed E-state index contributed by atoms with van der Waals surface area (Å²) in [5.41, 5.74) is 4.13. The van der Waals surface area contributed by atoms with Gasteiger partial charge in [-0.3, -0.25) is 19.8 Å². The topological polar surface area (TPSA) is 89.9 Å². The SMILES string of the molecule is CCOc1ccc(N2C(=O)/C(=C/c3cc(C)n(-c4sc(C)c(C)c4C(=O)OC)c3C)C(=O)NC2=S)cc1. The minimum atomic E-state index is -0.569. The Morgan fingerprint density at radius 1 is 1.14 bits per heavy atom. The fourth-order valence-electron chi connectivity index (χ4n) is 4.26. The smallest absolute Gasteiger partial charge is 0.341 e. The number of thiocarbonyl (C=S) groups is 1. The van der Waals surface area contributed by atoms with Gasteiger partial charge in [0.25, 0.3) is 11.8 Å². The first-order valence-corrected chi connectivity index (χ1v) is 12.8. The minimum absolute atomic E-state index is 0.00837. The number of aryl methyl sites for hydroxylation is 2. The second-order valence-corrected chi connectivity index (χ2v) is 10.1. The molecule has 3 heterocycles. The number of benzene rings is 1. The minimum Gasteiger partial charge on any atom is -0.494 e. The highest BCUT2D eigenvalue weighted by Gasteiger charge is 2.35. The Kier molecular flexibility index (Phi) is 7.33. The lowest BCUT2D eigenvalue weighted by Crippen LogP contribution is -2.54. The normalized spacial score (nSPS) is 14.8. The maximum absolute atomic E-state index is 13.5. The van der Waals surface area contributed by atoms with Gasteiger partial charge in [0.15, 0.2) is 5.11 Å². The summed E-state index contributed by atoms with van der Waals surface area (Å²) in [5, 5.41) is 3.36. The van der Waals surface area contributed by atoms with Crippen LogP contribution in [-0.4, -0.2) is 41.2 Å². The summed E-state index contributed by atoms with van der Waals surface area (Å²) in [6, 6.07) is 8.79. The Morgan fingerprint density at radius 3 is 2.43 bits per heavy atom.